The lowest BCUT2D eigenvalue weighted by Gasteiger charge is -2.19. The smallest absolute Gasteiger partial charge is 0.349 e. The molecule has 0 saturated carbocycles. The highest BCUT2D eigenvalue weighted by Gasteiger charge is 2.40. The molecule has 0 aliphatic carbocycles. The van der Waals surface area contributed by atoms with Gasteiger partial charge in [-0.25, -0.2) is 0 Å². The second kappa shape index (κ2) is 11.0. The van der Waals surface area contributed by atoms with Crippen LogP contribution in [0.4, 0.5) is 26.3 Å². The lowest BCUT2D eigenvalue weighted by molar-refractivity contribution is -0.139. The van der Waals surface area contributed by atoms with Crippen LogP contribution < -0.4 is 5.32 Å². The first-order chi connectivity index (χ1) is 15.1. The summed E-state index contributed by atoms with van der Waals surface area (Å²) < 4.78 is 82.1. The number of hydrogen-bond donors (Lipinski definition) is 1. The number of benzene rings is 2. The van der Waals surface area contributed by atoms with Crippen LogP contribution in [0.2, 0.25) is 15.1 Å². The molecule has 0 aliphatic heterocycles. The summed E-state index contributed by atoms with van der Waals surface area (Å²) in [7, 11) is 0. The number of halogens is 10. The summed E-state index contributed by atoms with van der Waals surface area (Å²) in [6.45, 7) is 1.63. The lowest BCUT2D eigenvalue weighted by atomic mass is 9.96. The lowest BCUT2D eigenvalue weighted by Crippen LogP contribution is -2.34. The highest BCUT2D eigenvalue weighted by Crippen LogP contribution is 2.41. The molecule has 1 N–H and O–H groups in total. The Morgan fingerprint density at radius 3 is 2.12 bits per heavy atom. The normalized spacial score (nSPS) is 14.4. The molecule has 0 radical (unpaired) electrons. The zero-order chi connectivity index (χ0) is 25.1. The van der Waals surface area contributed by atoms with Gasteiger partial charge < -0.3 is 5.32 Å². The minimum atomic E-state index is -4.90. The molecule has 12 heteroatoms. The Bertz CT molecular complexity index is 1030. The summed E-state index contributed by atoms with van der Waals surface area (Å²) in [4.78, 5) is 12.2. The second-order valence-corrected chi connectivity index (χ2v) is 9.08. The van der Waals surface area contributed by atoms with Crippen molar-refractivity contribution in [1.29, 1.82) is 0 Å². The summed E-state index contributed by atoms with van der Waals surface area (Å²) >= 11 is 19.4. The second-order valence-electron chi connectivity index (χ2n) is 7.01. The van der Waals surface area contributed by atoms with Gasteiger partial charge in [-0.2, -0.15) is 26.3 Å². The summed E-state index contributed by atoms with van der Waals surface area (Å²) in [5.74, 6) is -3.15. The maximum atomic E-state index is 13.7. The summed E-state index contributed by atoms with van der Waals surface area (Å²) in [6, 6.07) is 4.28. The molecule has 33 heavy (non-hydrogen) atoms. The van der Waals surface area contributed by atoms with E-state index >= 15 is 0 Å². The number of carbonyl (C=O) groups is 1. The number of nitrogens with one attached hydrogen (secondary N) is 1. The van der Waals surface area contributed by atoms with Crippen LogP contribution in [-0.2, 0) is 6.18 Å². The highest BCUT2D eigenvalue weighted by atomic mass is 127. The summed E-state index contributed by atoms with van der Waals surface area (Å²) in [5.41, 5.74) is -2.40. The fourth-order valence-electron chi connectivity index (χ4n) is 2.81. The number of amides is 1. The monoisotopic (exact) mass is 643 g/mol. The van der Waals surface area contributed by atoms with Crippen LogP contribution in [0, 0.1) is 0 Å². The van der Waals surface area contributed by atoms with E-state index in [4.69, 9.17) is 34.8 Å². The maximum Gasteiger partial charge on any atom is 0.417 e. The molecule has 1 unspecified atom stereocenters. The maximum absolute atomic E-state index is 13.7. The van der Waals surface area contributed by atoms with E-state index in [1.165, 1.54) is 0 Å². The quantitative estimate of drug-likeness (QED) is 0.145. The molecule has 2 rings (SSSR count). The van der Waals surface area contributed by atoms with Crippen molar-refractivity contribution in [2.75, 3.05) is 4.43 Å². The van der Waals surface area contributed by atoms with Gasteiger partial charge in [0.1, 0.15) is 0 Å². The fourth-order valence-corrected chi connectivity index (χ4v) is 3.64. The van der Waals surface area contributed by atoms with Gasteiger partial charge in [-0.3, -0.25) is 4.79 Å². The van der Waals surface area contributed by atoms with Crippen molar-refractivity contribution in [1.82, 2.24) is 5.32 Å². The minimum Gasteiger partial charge on any atom is -0.349 e. The third-order valence-corrected chi connectivity index (χ3v) is 6.92. The molecular weight excluding hydrogens is 629 g/mol. The van der Waals surface area contributed by atoms with E-state index in [0.29, 0.717) is 16.6 Å². The molecule has 0 heterocycles. The highest BCUT2D eigenvalue weighted by molar-refractivity contribution is 14.1. The van der Waals surface area contributed by atoms with E-state index in [9.17, 15) is 31.1 Å². The van der Waals surface area contributed by atoms with Gasteiger partial charge in [0.05, 0.1) is 32.1 Å². The van der Waals surface area contributed by atoms with Crippen LogP contribution in [-0.4, -0.2) is 22.6 Å². The van der Waals surface area contributed by atoms with Crippen molar-refractivity contribution >= 4 is 69.4 Å². The van der Waals surface area contributed by atoms with E-state index in [2.05, 4.69) is 5.32 Å². The predicted molar refractivity (Wildman–Crippen MR) is 127 cm³/mol. The SMILES string of the molecule is C[C@H](CI)NC(=O)c1ccc(/C=C/C(c2cc(Cl)c(Cl)c(Cl)c2)C(F)(F)F)cc1C(F)(F)F. The predicted octanol–water partition coefficient (Wildman–Crippen LogP) is 8.58. The molecule has 0 spiro atoms. The van der Waals surface area contributed by atoms with Crippen molar-refractivity contribution in [3.05, 3.63) is 73.7 Å². The third kappa shape index (κ3) is 7.40. The number of carbonyl (C=O) groups excluding carboxylic acids is 1. The average molecular weight is 645 g/mol. The van der Waals surface area contributed by atoms with Crippen molar-refractivity contribution in [3.63, 3.8) is 0 Å². The molecular formula is C21H15Cl3F6INO. The van der Waals surface area contributed by atoms with Gasteiger partial charge in [0.25, 0.3) is 5.91 Å². The molecule has 2 aromatic carbocycles. The number of hydrogen-bond acceptors (Lipinski definition) is 1. The van der Waals surface area contributed by atoms with E-state index in [0.717, 1.165) is 30.3 Å². The van der Waals surface area contributed by atoms with E-state index in [-0.39, 0.29) is 32.2 Å². The van der Waals surface area contributed by atoms with Crippen LogP contribution in [0.5, 0.6) is 0 Å². The largest absolute Gasteiger partial charge is 0.417 e. The zero-order valence-corrected chi connectivity index (χ0v) is 21.0. The van der Waals surface area contributed by atoms with Gasteiger partial charge in [0.2, 0.25) is 0 Å². The minimum absolute atomic E-state index is 0.118. The zero-order valence-electron chi connectivity index (χ0n) is 16.6. The number of rotatable bonds is 6. The first-order valence-electron chi connectivity index (χ1n) is 9.12. The molecule has 0 aromatic heterocycles. The topological polar surface area (TPSA) is 29.1 Å². The fraction of sp³-hybridized carbons (Fsp3) is 0.286. The molecule has 2 atom stereocenters. The van der Waals surface area contributed by atoms with Gasteiger partial charge in [0.15, 0.2) is 0 Å². The summed E-state index contributed by atoms with van der Waals surface area (Å²) in [6.07, 6.45) is -8.12. The first kappa shape index (κ1) is 28.1. The molecule has 1 amide bonds. The Labute approximate surface area is 214 Å². The van der Waals surface area contributed by atoms with Gasteiger partial charge in [-0.05, 0) is 42.3 Å². The van der Waals surface area contributed by atoms with Crippen LogP contribution in [0.1, 0.15) is 39.9 Å². The van der Waals surface area contributed by atoms with Crippen LogP contribution >= 0.6 is 57.4 Å². The number of alkyl halides is 7. The Kier molecular flexibility index (Phi) is 9.40. The van der Waals surface area contributed by atoms with Crippen LogP contribution in [0.15, 0.2) is 36.4 Å². The van der Waals surface area contributed by atoms with Crippen LogP contribution in [0.25, 0.3) is 6.08 Å². The van der Waals surface area contributed by atoms with Crippen molar-refractivity contribution in [2.45, 2.75) is 31.2 Å². The third-order valence-electron chi connectivity index (χ3n) is 4.40. The van der Waals surface area contributed by atoms with Gasteiger partial charge >= 0.3 is 12.4 Å². The Hall–Kier alpha value is -1.17. The van der Waals surface area contributed by atoms with Gasteiger partial charge in [-0.1, -0.05) is 75.6 Å². The summed E-state index contributed by atoms with van der Waals surface area (Å²) in [5, 5.41) is 1.92. The molecule has 2 aromatic rings. The average Bonchev–Trinajstić information content (AvgIpc) is 2.70. The van der Waals surface area contributed by atoms with Gasteiger partial charge in [0, 0.05) is 10.5 Å². The van der Waals surface area contributed by atoms with Crippen molar-refractivity contribution < 1.29 is 31.1 Å². The van der Waals surface area contributed by atoms with Crippen LogP contribution in [0.3, 0.4) is 0 Å². The first-order valence-corrected chi connectivity index (χ1v) is 11.8. The van der Waals surface area contributed by atoms with E-state index < -0.39 is 35.3 Å². The molecule has 0 fully saturated rings. The van der Waals surface area contributed by atoms with Crippen molar-refractivity contribution in [2.24, 2.45) is 0 Å². The Balaban J connectivity index is 2.49. The standard InChI is InChI=1S/C21H15Cl3F6INO/c1-10(9-31)32-19(33)13-4-2-11(6-15(13)21(28,29)30)3-5-14(20(25,26)27)12-7-16(22)18(24)17(23)8-12/h2-8,10,14H,9H2,1H3,(H,32,33)/b5-3+/t10-,14?/m1/s1. The van der Waals surface area contributed by atoms with E-state index in [1.54, 1.807) is 6.92 Å². The van der Waals surface area contributed by atoms with Crippen molar-refractivity contribution in [3.8, 4) is 0 Å². The Morgan fingerprint density at radius 2 is 1.64 bits per heavy atom. The molecule has 0 aliphatic rings. The molecule has 0 bridgehead atoms. The Morgan fingerprint density at radius 1 is 1.06 bits per heavy atom. The number of allylic oxidation sites excluding steroid dienone is 1. The van der Waals surface area contributed by atoms with E-state index in [1.807, 2.05) is 22.6 Å². The molecule has 0 saturated heterocycles. The molecule has 2 nitrogen and oxygen atoms in total. The molecule has 180 valence electrons. The van der Waals surface area contributed by atoms with Gasteiger partial charge in [-0.15, -0.1) is 0 Å².